The van der Waals surface area contributed by atoms with Gasteiger partial charge < -0.3 is 25.7 Å². The quantitative estimate of drug-likeness (QED) is 0.671. The summed E-state index contributed by atoms with van der Waals surface area (Å²) in [6.07, 6.45) is 5.23. The second-order valence-corrected chi connectivity index (χ2v) is 7.25. The molecule has 1 atom stereocenters. The van der Waals surface area contributed by atoms with E-state index in [0.717, 1.165) is 26.1 Å². The van der Waals surface area contributed by atoms with E-state index in [1.807, 2.05) is 20.8 Å². The van der Waals surface area contributed by atoms with E-state index in [-0.39, 0.29) is 11.7 Å². The number of primary amides is 1. The molecule has 0 saturated carbocycles. The first-order chi connectivity index (χ1) is 11.7. The number of carbonyl (C=O) groups excluding carboxylic acids is 2. The lowest BCUT2D eigenvalue weighted by Crippen LogP contribution is -2.41. The van der Waals surface area contributed by atoms with Crippen molar-refractivity contribution in [3.8, 4) is 5.88 Å². The molecule has 1 fully saturated rings. The fourth-order valence-corrected chi connectivity index (χ4v) is 3.21. The second kappa shape index (κ2) is 7.97. The maximum absolute atomic E-state index is 12.0. The van der Waals surface area contributed by atoms with Crippen LogP contribution in [0.1, 0.15) is 57.1 Å². The lowest BCUT2D eigenvalue weighted by molar-refractivity contribution is -0.136. The lowest BCUT2D eigenvalue weighted by Gasteiger charge is -2.32. The lowest BCUT2D eigenvalue weighted by atomic mass is 10.0. The summed E-state index contributed by atoms with van der Waals surface area (Å²) in [5.41, 5.74) is 10.8. The molecule has 8 nitrogen and oxygen atoms in total. The van der Waals surface area contributed by atoms with E-state index < -0.39 is 23.5 Å². The van der Waals surface area contributed by atoms with Gasteiger partial charge in [-0.1, -0.05) is 13.3 Å². The first-order valence-corrected chi connectivity index (χ1v) is 8.84. The van der Waals surface area contributed by atoms with Crippen molar-refractivity contribution in [2.45, 2.75) is 58.0 Å². The summed E-state index contributed by atoms with van der Waals surface area (Å²) < 4.78 is 6.94. The third kappa shape index (κ3) is 4.79. The molecular formula is C17H29N5O3. The fourth-order valence-electron chi connectivity index (χ4n) is 3.21. The maximum Gasteiger partial charge on any atom is 0.329 e. The van der Waals surface area contributed by atoms with Crippen molar-refractivity contribution >= 4 is 11.9 Å². The van der Waals surface area contributed by atoms with Gasteiger partial charge in [-0.2, -0.15) is 4.98 Å². The van der Waals surface area contributed by atoms with Gasteiger partial charge in [-0.3, -0.25) is 4.79 Å². The molecule has 1 saturated heterocycles. The molecule has 0 bridgehead atoms. The van der Waals surface area contributed by atoms with Crippen molar-refractivity contribution in [3.63, 3.8) is 0 Å². The Morgan fingerprint density at radius 1 is 1.36 bits per heavy atom. The number of imidazole rings is 1. The number of hydrogen-bond acceptors (Lipinski definition) is 6. The normalized spacial score (nSPS) is 16.8. The average molecular weight is 351 g/mol. The Morgan fingerprint density at radius 3 is 2.56 bits per heavy atom. The van der Waals surface area contributed by atoms with Crippen LogP contribution in [0.15, 0.2) is 6.20 Å². The molecule has 140 valence electrons. The van der Waals surface area contributed by atoms with Gasteiger partial charge in [0.15, 0.2) is 0 Å². The van der Waals surface area contributed by atoms with E-state index in [1.54, 1.807) is 10.8 Å². The highest BCUT2D eigenvalue weighted by atomic mass is 16.5. The van der Waals surface area contributed by atoms with Crippen molar-refractivity contribution < 1.29 is 14.3 Å². The Labute approximate surface area is 148 Å². The number of ether oxygens (including phenoxy) is 1. The van der Waals surface area contributed by atoms with Gasteiger partial charge in [-0.25, -0.2) is 4.79 Å². The van der Waals surface area contributed by atoms with Crippen LogP contribution >= 0.6 is 0 Å². The Bertz CT molecular complexity index is 620. The van der Waals surface area contributed by atoms with Crippen LogP contribution in [0, 0.1) is 0 Å². The molecule has 1 aromatic heterocycles. The van der Waals surface area contributed by atoms with Crippen LogP contribution in [-0.4, -0.2) is 52.0 Å². The van der Waals surface area contributed by atoms with Crippen LogP contribution in [0.2, 0.25) is 0 Å². The van der Waals surface area contributed by atoms with Gasteiger partial charge in [0.1, 0.15) is 6.04 Å². The minimum Gasteiger partial charge on any atom is -0.405 e. The smallest absolute Gasteiger partial charge is 0.329 e. The number of aromatic nitrogens is 2. The summed E-state index contributed by atoms with van der Waals surface area (Å²) in [5, 5.41) is 0. The molecule has 1 unspecified atom stereocenters. The minimum atomic E-state index is -0.704. The molecule has 0 aromatic carbocycles. The van der Waals surface area contributed by atoms with Crippen LogP contribution in [-0.2, 0) is 10.3 Å². The Kier molecular flexibility index (Phi) is 6.18. The predicted molar refractivity (Wildman–Crippen MR) is 94.3 cm³/mol. The first-order valence-electron chi connectivity index (χ1n) is 8.84. The largest absolute Gasteiger partial charge is 0.405 e. The molecule has 1 aliphatic heterocycles. The number of nitrogens with two attached hydrogens (primary N) is 2. The van der Waals surface area contributed by atoms with Gasteiger partial charge >= 0.3 is 5.97 Å². The van der Waals surface area contributed by atoms with Crippen LogP contribution in [0.5, 0.6) is 5.88 Å². The number of likely N-dealkylation sites (tertiary alicyclic amines) is 1. The van der Waals surface area contributed by atoms with E-state index in [1.165, 1.54) is 12.8 Å². The van der Waals surface area contributed by atoms with Crippen molar-refractivity contribution in [1.29, 1.82) is 0 Å². The number of carbonyl (C=O) groups is 2. The van der Waals surface area contributed by atoms with Gasteiger partial charge in [0, 0.05) is 6.54 Å². The molecule has 1 aromatic rings. The van der Waals surface area contributed by atoms with Crippen molar-refractivity contribution in [3.05, 3.63) is 12.0 Å². The summed E-state index contributed by atoms with van der Waals surface area (Å²) in [6, 6.07) is -0.704. The molecule has 0 spiro atoms. The zero-order valence-electron chi connectivity index (χ0n) is 15.3. The third-order valence-electron chi connectivity index (χ3n) is 4.47. The van der Waals surface area contributed by atoms with E-state index >= 15 is 0 Å². The summed E-state index contributed by atoms with van der Waals surface area (Å²) in [6.45, 7) is 8.79. The van der Waals surface area contributed by atoms with Gasteiger partial charge in [0.25, 0.3) is 5.91 Å². The molecule has 8 heteroatoms. The minimum absolute atomic E-state index is 0.0554. The van der Waals surface area contributed by atoms with Crippen LogP contribution < -0.4 is 16.2 Å². The zero-order valence-corrected chi connectivity index (χ0v) is 15.3. The molecule has 2 heterocycles. The second-order valence-electron chi connectivity index (χ2n) is 7.25. The van der Waals surface area contributed by atoms with E-state index in [4.69, 9.17) is 16.2 Å². The number of esters is 1. The number of hydrogen-bond donors (Lipinski definition) is 2. The Morgan fingerprint density at radius 2 is 2.00 bits per heavy atom. The number of nitrogens with zero attached hydrogens (tertiary/aromatic N) is 3. The van der Waals surface area contributed by atoms with Crippen molar-refractivity contribution in [2.24, 2.45) is 11.5 Å². The summed E-state index contributed by atoms with van der Waals surface area (Å²) in [4.78, 5) is 30.2. The van der Waals surface area contributed by atoms with Gasteiger partial charge in [-0.15, -0.1) is 0 Å². The van der Waals surface area contributed by atoms with E-state index in [0.29, 0.717) is 6.42 Å². The van der Waals surface area contributed by atoms with Crippen molar-refractivity contribution in [1.82, 2.24) is 14.5 Å². The third-order valence-corrected chi connectivity index (χ3v) is 4.47. The molecule has 2 rings (SSSR count). The van der Waals surface area contributed by atoms with Crippen LogP contribution in [0.4, 0.5) is 0 Å². The molecule has 0 aliphatic carbocycles. The van der Waals surface area contributed by atoms with Crippen LogP contribution in [0.25, 0.3) is 0 Å². The van der Waals surface area contributed by atoms with Gasteiger partial charge in [0.05, 0.1) is 11.7 Å². The molecule has 1 amide bonds. The molecule has 4 N–H and O–H groups in total. The maximum atomic E-state index is 12.0. The first kappa shape index (κ1) is 19.4. The molecular weight excluding hydrogens is 322 g/mol. The monoisotopic (exact) mass is 351 g/mol. The topological polar surface area (TPSA) is 116 Å². The summed E-state index contributed by atoms with van der Waals surface area (Å²) >= 11 is 0. The van der Waals surface area contributed by atoms with Gasteiger partial charge in [-0.05, 0) is 46.2 Å². The highest BCUT2D eigenvalue weighted by Crippen LogP contribution is 2.25. The highest BCUT2D eigenvalue weighted by Gasteiger charge is 2.30. The van der Waals surface area contributed by atoms with E-state index in [2.05, 4.69) is 9.88 Å². The molecule has 25 heavy (non-hydrogen) atoms. The van der Waals surface area contributed by atoms with Crippen LogP contribution in [0.3, 0.4) is 0 Å². The fraction of sp³-hybridized carbons (Fsp3) is 0.706. The van der Waals surface area contributed by atoms with E-state index in [9.17, 15) is 9.59 Å². The highest BCUT2D eigenvalue weighted by molar-refractivity contribution is 5.89. The zero-order chi connectivity index (χ0) is 18.6. The Balaban J connectivity index is 2.20. The van der Waals surface area contributed by atoms with Crippen molar-refractivity contribution in [2.75, 3.05) is 19.6 Å². The average Bonchev–Trinajstić information content (AvgIpc) is 3.16. The SMILES string of the molecule is CCCC(N)C(=O)Oc1cn(C(C)(C)CN2CCCC2)c(C(N)=O)n1. The van der Waals surface area contributed by atoms with Gasteiger partial charge in [0.2, 0.25) is 11.7 Å². The molecule has 1 aliphatic rings. The predicted octanol–water partition coefficient (Wildman–Crippen LogP) is 0.846. The standard InChI is InChI=1S/C17H29N5O3/c1-4-7-12(18)16(24)25-13-10-22(15(20-13)14(19)23)17(2,3)11-21-8-5-6-9-21/h10,12H,4-9,11,18H2,1-3H3,(H2,19,23). The Hall–Kier alpha value is -1.93. The molecule has 0 radical (unpaired) electrons. The number of amides is 1. The summed E-state index contributed by atoms with van der Waals surface area (Å²) in [7, 11) is 0. The summed E-state index contributed by atoms with van der Waals surface area (Å²) in [5.74, 6) is -1.08. The number of rotatable bonds is 8.